The van der Waals surface area contributed by atoms with Crippen molar-refractivity contribution in [3.63, 3.8) is 0 Å². The topological polar surface area (TPSA) is 46.6 Å². The summed E-state index contributed by atoms with van der Waals surface area (Å²) in [5, 5.41) is 0.641. The van der Waals surface area contributed by atoms with Crippen LogP contribution in [0.4, 0.5) is 0 Å². The Balaban J connectivity index is 1.54. The molecule has 0 aromatic heterocycles. The number of methoxy groups -OCH3 is 1. The van der Waals surface area contributed by atoms with Gasteiger partial charge in [0.25, 0.3) is 0 Å². The summed E-state index contributed by atoms with van der Waals surface area (Å²) in [6, 6.07) is 14.5. The van der Waals surface area contributed by atoms with Gasteiger partial charge in [-0.2, -0.15) is 0 Å². The van der Waals surface area contributed by atoms with E-state index in [1.54, 1.807) is 54.5 Å². The molecule has 1 heterocycles. The number of likely N-dealkylation sites (tertiary alicyclic amines) is 1. The van der Waals surface area contributed by atoms with E-state index in [1.165, 1.54) is 0 Å². The smallest absolute Gasteiger partial charge is 0.246 e. The van der Waals surface area contributed by atoms with E-state index in [4.69, 9.17) is 16.3 Å². The van der Waals surface area contributed by atoms with E-state index in [0.29, 0.717) is 36.5 Å². The summed E-state index contributed by atoms with van der Waals surface area (Å²) < 4.78 is 5.13. The van der Waals surface area contributed by atoms with E-state index in [1.807, 2.05) is 18.2 Å². The number of amides is 1. The third kappa shape index (κ3) is 4.98. The first-order valence-corrected chi connectivity index (χ1v) is 9.35. The monoisotopic (exact) mass is 383 g/mol. The van der Waals surface area contributed by atoms with E-state index in [-0.39, 0.29) is 17.6 Å². The molecule has 1 aliphatic heterocycles. The van der Waals surface area contributed by atoms with Gasteiger partial charge in [0.1, 0.15) is 5.75 Å². The molecular weight excluding hydrogens is 362 g/mol. The molecule has 1 saturated heterocycles. The number of Topliss-reactive ketones (excluding diaryl/α,β-unsaturated/α-hetero) is 1. The van der Waals surface area contributed by atoms with Crippen LogP contribution in [0.5, 0.6) is 5.75 Å². The van der Waals surface area contributed by atoms with E-state index < -0.39 is 0 Å². The van der Waals surface area contributed by atoms with Crippen molar-refractivity contribution in [2.24, 2.45) is 5.92 Å². The molecule has 2 aromatic carbocycles. The number of ether oxygens (including phenoxy) is 1. The van der Waals surface area contributed by atoms with Crippen LogP contribution < -0.4 is 4.74 Å². The fraction of sp³-hybridized carbons (Fsp3) is 0.273. The number of hydrogen-bond donors (Lipinski definition) is 0. The first-order chi connectivity index (χ1) is 13.1. The number of carbonyl (C=O) groups is 2. The highest BCUT2D eigenvalue weighted by Crippen LogP contribution is 2.23. The number of nitrogens with zero attached hydrogens (tertiary/aromatic N) is 1. The summed E-state index contributed by atoms with van der Waals surface area (Å²) in [4.78, 5) is 26.8. The average Bonchev–Trinajstić information content (AvgIpc) is 2.72. The van der Waals surface area contributed by atoms with Gasteiger partial charge in [-0.15, -0.1) is 0 Å². The second kappa shape index (κ2) is 8.87. The van der Waals surface area contributed by atoms with E-state index in [9.17, 15) is 9.59 Å². The third-order valence-electron chi connectivity index (χ3n) is 4.82. The summed E-state index contributed by atoms with van der Waals surface area (Å²) in [5.41, 5.74) is 1.59. The SMILES string of the molecule is COc1ccc(C(=O)C2CCN(C(=O)/C=C/c3cccc(Cl)c3)CC2)cc1. The van der Waals surface area contributed by atoms with Crippen molar-refractivity contribution in [2.45, 2.75) is 12.8 Å². The molecule has 0 radical (unpaired) electrons. The Labute approximate surface area is 164 Å². The minimum atomic E-state index is -0.0423. The maximum atomic E-state index is 12.6. The molecule has 3 rings (SSSR count). The normalized spacial score (nSPS) is 15.1. The Kier molecular flexibility index (Phi) is 6.30. The maximum Gasteiger partial charge on any atom is 0.246 e. The van der Waals surface area contributed by atoms with Gasteiger partial charge in [0.2, 0.25) is 5.91 Å². The van der Waals surface area contributed by atoms with Crippen LogP contribution >= 0.6 is 11.6 Å². The van der Waals surface area contributed by atoms with Crippen molar-refractivity contribution in [3.8, 4) is 5.75 Å². The standard InChI is InChI=1S/C22H22ClNO3/c1-27-20-8-6-17(7-9-20)22(26)18-11-13-24(14-12-18)21(25)10-5-16-3-2-4-19(23)15-16/h2-10,15,18H,11-14H2,1H3/b10-5+. The van der Waals surface area contributed by atoms with Crippen molar-refractivity contribution in [3.05, 3.63) is 70.8 Å². The lowest BCUT2D eigenvalue weighted by atomic mass is 9.89. The summed E-state index contributed by atoms with van der Waals surface area (Å²) in [6.45, 7) is 1.18. The molecule has 0 spiro atoms. The molecule has 0 aliphatic carbocycles. The van der Waals surface area contributed by atoms with Crippen LogP contribution in [-0.4, -0.2) is 36.8 Å². The summed E-state index contributed by atoms with van der Waals surface area (Å²) in [5.74, 6) is 0.794. The van der Waals surface area contributed by atoms with E-state index in [0.717, 1.165) is 11.3 Å². The number of halogens is 1. The highest BCUT2D eigenvalue weighted by Gasteiger charge is 2.27. The summed E-state index contributed by atoms with van der Waals surface area (Å²) >= 11 is 5.95. The molecule has 2 aromatic rings. The van der Waals surface area contributed by atoms with Crippen LogP contribution in [0.1, 0.15) is 28.8 Å². The number of ketones is 1. The number of hydrogen-bond acceptors (Lipinski definition) is 3. The van der Waals surface area contributed by atoms with Gasteiger partial charge in [0, 0.05) is 35.7 Å². The van der Waals surface area contributed by atoms with Crippen LogP contribution in [0.3, 0.4) is 0 Å². The molecule has 1 amide bonds. The van der Waals surface area contributed by atoms with Gasteiger partial charge in [0.15, 0.2) is 5.78 Å². The van der Waals surface area contributed by atoms with Gasteiger partial charge in [-0.05, 0) is 60.9 Å². The van der Waals surface area contributed by atoms with Crippen LogP contribution in [-0.2, 0) is 4.79 Å². The maximum absolute atomic E-state index is 12.6. The van der Waals surface area contributed by atoms with Crippen molar-refractivity contribution in [1.29, 1.82) is 0 Å². The van der Waals surface area contributed by atoms with E-state index in [2.05, 4.69) is 0 Å². The minimum absolute atomic E-state index is 0.0367. The predicted molar refractivity (Wildman–Crippen MR) is 107 cm³/mol. The quantitative estimate of drug-likeness (QED) is 0.564. The lowest BCUT2D eigenvalue weighted by Crippen LogP contribution is -2.39. The van der Waals surface area contributed by atoms with Gasteiger partial charge in [0.05, 0.1) is 7.11 Å². The van der Waals surface area contributed by atoms with Gasteiger partial charge in [-0.1, -0.05) is 23.7 Å². The number of piperidine rings is 1. The molecule has 0 unspecified atom stereocenters. The van der Waals surface area contributed by atoms with Gasteiger partial charge in [-0.25, -0.2) is 0 Å². The Morgan fingerprint density at radius 2 is 1.81 bits per heavy atom. The Hall–Kier alpha value is -2.59. The fourth-order valence-corrected chi connectivity index (χ4v) is 3.43. The predicted octanol–water partition coefficient (Wildman–Crippen LogP) is 4.48. The van der Waals surface area contributed by atoms with Crippen LogP contribution in [0.15, 0.2) is 54.6 Å². The van der Waals surface area contributed by atoms with Crippen LogP contribution in [0.2, 0.25) is 5.02 Å². The number of benzene rings is 2. The average molecular weight is 384 g/mol. The number of carbonyl (C=O) groups excluding carboxylic acids is 2. The third-order valence-corrected chi connectivity index (χ3v) is 5.05. The Morgan fingerprint density at radius 3 is 2.44 bits per heavy atom. The Morgan fingerprint density at radius 1 is 1.11 bits per heavy atom. The molecule has 27 heavy (non-hydrogen) atoms. The molecular formula is C22H22ClNO3. The molecule has 5 heteroatoms. The van der Waals surface area contributed by atoms with Gasteiger partial charge in [-0.3, -0.25) is 9.59 Å². The van der Waals surface area contributed by atoms with Crippen molar-refractivity contribution >= 4 is 29.4 Å². The molecule has 0 N–H and O–H groups in total. The second-order valence-electron chi connectivity index (χ2n) is 6.58. The van der Waals surface area contributed by atoms with Crippen LogP contribution in [0.25, 0.3) is 6.08 Å². The molecule has 1 fully saturated rings. The van der Waals surface area contributed by atoms with Crippen molar-refractivity contribution in [1.82, 2.24) is 4.90 Å². The largest absolute Gasteiger partial charge is 0.497 e. The van der Waals surface area contributed by atoms with Crippen LogP contribution in [0, 0.1) is 5.92 Å². The first kappa shape index (κ1) is 19.2. The Bertz CT molecular complexity index is 837. The molecule has 4 nitrogen and oxygen atoms in total. The zero-order valence-corrected chi connectivity index (χ0v) is 16.0. The highest BCUT2D eigenvalue weighted by atomic mass is 35.5. The highest BCUT2D eigenvalue weighted by molar-refractivity contribution is 6.30. The van der Waals surface area contributed by atoms with Crippen molar-refractivity contribution in [2.75, 3.05) is 20.2 Å². The summed E-state index contributed by atoms with van der Waals surface area (Å²) in [7, 11) is 1.60. The second-order valence-corrected chi connectivity index (χ2v) is 7.02. The fourth-order valence-electron chi connectivity index (χ4n) is 3.24. The molecule has 140 valence electrons. The molecule has 0 bridgehead atoms. The zero-order chi connectivity index (χ0) is 19.2. The lowest BCUT2D eigenvalue weighted by molar-refractivity contribution is -0.127. The van der Waals surface area contributed by atoms with Gasteiger partial charge < -0.3 is 9.64 Å². The number of rotatable bonds is 5. The minimum Gasteiger partial charge on any atom is -0.497 e. The van der Waals surface area contributed by atoms with Crippen molar-refractivity contribution < 1.29 is 14.3 Å². The van der Waals surface area contributed by atoms with Gasteiger partial charge >= 0.3 is 0 Å². The molecule has 1 aliphatic rings. The summed E-state index contributed by atoms with van der Waals surface area (Å²) in [6.07, 6.45) is 4.70. The zero-order valence-electron chi connectivity index (χ0n) is 15.2. The lowest BCUT2D eigenvalue weighted by Gasteiger charge is -2.30. The van der Waals surface area contributed by atoms with E-state index >= 15 is 0 Å². The molecule has 0 atom stereocenters. The first-order valence-electron chi connectivity index (χ1n) is 8.97. The molecule has 0 saturated carbocycles.